The molecule has 0 saturated heterocycles. The van der Waals surface area contributed by atoms with Crippen LogP contribution in [0.2, 0.25) is 0 Å². The average molecular weight is 341 g/mol. The quantitative estimate of drug-likeness (QED) is 0.837. The highest BCUT2D eigenvalue weighted by molar-refractivity contribution is 5.89. The van der Waals surface area contributed by atoms with Crippen molar-refractivity contribution in [1.29, 1.82) is 0 Å². The Morgan fingerprint density at radius 3 is 2.28 bits per heavy atom. The molecule has 0 saturated carbocycles. The second-order valence-corrected chi connectivity index (χ2v) is 6.69. The number of benzene rings is 2. The van der Waals surface area contributed by atoms with E-state index >= 15 is 0 Å². The monoisotopic (exact) mass is 341 g/mol. The average Bonchev–Trinajstić information content (AvgIpc) is 2.54. The lowest BCUT2D eigenvalue weighted by atomic mass is 10.0. The topological polar surface area (TPSA) is 64.6 Å². The standard InChI is InChI=1S/C20H23NO4/c1-20(2,3)25-19(23)21-17-10-8-14(9-11-17)12-15-6-5-7-16(13-15)18(22)24-4/h5-11,13H,12H2,1-4H3,(H,21,23). The van der Waals surface area contributed by atoms with E-state index in [9.17, 15) is 9.59 Å². The van der Waals surface area contributed by atoms with Crippen molar-refractivity contribution in [3.05, 3.63) is 65.2 Å². The molecule has 0 fully saturated rings. The Labute approximate surface area is 148 Å². The SMILES string of the molecule is COC(=O)c1cccc(Cc2ccc(NC(=O)OC(C)(C)C)cc2)c1. The summed E-state index contributed by atoms with van der Waals surface area (Å²) in [6, 6.07) is 14.8. The molecule has 1 N–H and O–H groups in total. The molecule has 2 rings (SSSR count). The Bertz CT molecular complexity index is 745. The smallest absolute Gasteiger partial charge is 0.412 e. The maximum Gasteiger partial charge on any atom is 0.412 e. The van der Waals surface area contributed by atoms with Gasteiger partial charge in [0, 0.05) is 5.69 Å². The van der Waals surface area contributed by atoms with Crippen LogP contribution in [0.1, 0.15) is 42.3 Å². The molecule has 25 heavy (non-hydrogen) atoms. The summed E-state index contributed by atoms with van der Waals surface area (Å²) in [5, 5.41) is 2.70. The predicted octanol–water partition coefficient (Wildman–Crippen LogP) is 4.41. The highest BCUT2D eigenvalue weighted by atomic mass is 16.6. The molecule has 0 aromatic heterocycles. The Balaban J connectivity index is 2.01. The zero-order valence-corrected chi connectivity index (χ0v) is 15.0. The zero-order valence-electron chi connectivity index (χ0n) is 15.0. The first-order valence-electron chi connectivity index (χ1n) is 8.03. The molecule has 132 valence electrons. The van der Waals surface area contributed by atoms with Crippen LogP contribution in [-0.2, 0) is 15.9 Å². The lowest BCUT2D eigenvalue weighted by Crippen LogP contribution is -2.27. The molecular weight excluding hydrogens is 318 g/mol. The summed E-state index contributed by atoms with van der Waals surface area (Å²) < 4.78 is 9.96. The predicted molar refractivity (Wildman–Crippen MR) is 96.9 cm³/mol. The van der Waals surface area contributed by atoms with Gasteiger partial charge in [0.1, 0.15) is 5.60 Å². The normalized spacial score (nSPS) is 10.9. The van der Waals surface area contributed by atoms with E-state index in [0.29, 0.717) is 17.7 Å². The lowest BCUT2D eigenvalue weighted by Gasteiger charge is -2.19. The van der Waals surface area contributed by atoms with Crippen molar-refractivity contribution in [2.45, 2.75) is 32.8 Å². The van der Waals surface area contributed by atoms with Gasteiger partial charge in [0.2, 0.25) is 0 Å². The molecule has 0 radical (unpaired) electrons. The molecule has 5 nitrogen and oxygen atoms in total. The molecule has 5 heteroatoms. The van der Waals surface area contributed by atoms with Gasteiger partial charge in [-0.2, -0.15) is 0 Å². The summed E-state index contributed by atoms with van der Waals surface area (Å²) in [7, 11) is 1.37. The van der Waals surface area contributed by atoms with Crippen LogP contribution in [0, 0.1) is 0 Å². The van der Waals surface area contributed by atoms with Crippen LogP contribution in [0.5, 0.6) is 0 Å². The fourth-order valence-electron chi connectivity index (χ4n) is 2.29. The number of carbonyl (C=O) groups excluding carboxylic acids is 2. The van der Waals surface area contributed by atoms with Crippen LogP contribution in [0.25, 0.3) is 0 Å². The second kappa shape index (κ2) is 7.83. The number of anilines is 1. The lowest BCUT2D eigenvalue weighted by molar-refractivity contribution is 0.0598. The van der Waals surface area contributed by atoms with Crippen molar-refractivity contribution in [2.75, 3.05) is 12.4 Å². The molecule has 1 amide bonds. The summed E-state index contributed by atoms with van der Waals surface area (Å²) >= 11 is 0. The summed E-state index contributed by atoms with van der Waals surface area (Å²) in [6.45, 7) is 5.45. The summed E-state index contributed by atoms with van der Waals surface area (Å²) in [5.41, 5.74) is 2.74. The van der Waals surface area contributed by atoms with Crippen molar-refractivity contribution in [2.24, 2.45) is 0 Å². The van der Waals surface area contributed by atoms with Crippen molar-refractivity contribution in [3.63, 3.8) is 0 Å². The van der Waals surface area contributed by atoms with Gasteiger partial charge in [-0.25, -0.2) is 9.59 Å². The summed E-state index contributed by atoms with van der Waals surface area (Å²) in [4.78, 5) is 23.3. The van der Waals surface area contributed by atoms with E-state index in [4.69, 9.17) is 9.47 Å². The van der Waals surface area contributed by atoms with Crippen LogP contribution in [0.15, 0.2) is 48.5 Å². The molecule has 0 aliphatic heterocycles. The number of hydrogen-bond acceptors (Lipinski definition) is 4. The first kappa shape index (κ1) is 18.5. The minimum absolute atomic E-state index is 0.348. The van der Waals surface area contributed by atoms with Crippen molar-refractivity contribution in [1.82, 2.24) is 0 Å². The molecule has 0 atom stereocenters. The van der Waals surface area contributed by atoms with E-state index < -0.39 is 11.7 Å². The number of methoxy groups -OCH3 is 1. The molecular formula is C20H23NO4. The fraction of sp³-hybridized carbons (Fsp3) is 0.300. The Morgan fingerprint density at radius 2 is 1.68 bits per heavy atom. The van der Waals surface area contributed by atoms with Gasteiger partial charge in [0.25, 0.3) is 0 Å². The fourth-order valence-corrected chi connectivity index (χ4v) is 2.29. The highest BCUT2D eigenvalue weighted by Gasteiger charge is 2.16. The van der Waals surface area contributed by atoms with Crippen molar-refractivity contribution >= 4 is 17.7 Å². The van der Waals surface area contributed by atoms with Crippen molar-refractivity contribution < 1.29 is 19.1 Å². The van der Waals surface area contributed by atoms with E-state index in [1.165, 1.54) is 7.11 Å². The molecule has 2 aromatic carbocycles. The molecule has 0 aliphatic rings. The van der Waals surface area contributed by atoms with Gasteiger partial charge in [0.05, 0.1) is 12.7 Å². The first-order valence-corrected chi connectivity index (χ1v) is 8.03. The van der Waals surface area contributed by atoms with Gasteiger partial charge in [0.15, 0.2) is 0 Å². The Kier molecular flexibility index (Phi) is 5.80. The van der Waals surface area contributed by atoms with Gasteiger partial charge in [-0.3, -0.25) is 5.32 Å². The van der Waals surface area contributed by atoms with Crippen LogP contribution < -0.4 is 5.32 Å². The van der Waals surface area contributed by atoms with E-state index in [1.807, 2.05) is 63.2 Å². The molecule has 0 heterocycles. The Hall–Kier alpha value is -2.82. The molecule has 0 bridgehead atoms. The van der Waals surface area contributed by atoms with Gasteiger partial charge < -0.3 is 9.47 Å². The molecule has 0 spiro atoms. The summed E-state index contributed by atoms with van der Waals surface area (Å²) in [6.07, 6.45) is 0.198. The second-order valence-electron chi connectivity index (χ2n) is 6.69. The third-order valence-corrected chi connectivity index (χ3v) is 3.36. The zero-order chi connectivity index (χ0) is 18.4. The number of esters is 1. The van der Waals surface area contributed by atoms with Crippen LogP contribution >= 0.6 is 0 Å². The minimum Gasteiger partial charge on any atom is -0.465 e. The number of hydrogen-bond donors (Lipinski definition) is 1. The van der Waals surface area contributed by atoms with Crippen molar-refractivity contribution in [3.8, 4) is 0 Å². The third kappa shape index (κ3) is 5.95. The maximum absolute atomic E-state index is 11.8. The number of rotatable bonds is 4. The summed E-state index contributed by atoms with van der Waals surface area (Å²) in [5.74, 6) is -0.348. The number of carbonyl (C=O) groups is 2. The molecule has 0 unspecified atom stereocenters. The number of amides is 1. The van der Waals surface area contributed by atoms with Crippen LogP contribution in [0.3, 0.4) is 0 Å². The van der Waals surface area contributed by atoms with E-state index in [1.54, 1.807) is 6.07 Å². The van der Waals surface area contributed by atoms with Gasteiger partial charge in [-0.05, 0) is 62.6 Å². The number of nitrogens with one attached hydrogen (secondary N) is 1. The van der Waals surface area contributed by atoms with E-state index in [-0.39, 0.29) is 5.97 Å². The van der Waals surface area contributed by atoms with E-state index in [2.05, 4.69) is 5.32 Å². The molecule has 0 aliphatic carbocycles. The largest absolute Gasteiger partial charge is 0.465 e. The van der Waals surface area contributed by atoms with Crippen LogP contribution in [0.4, 0.5) is 10.5 Å². The minimum atomic E-state index is -0.533. The van der Waals surface area contributed by atoms with Gasteiger partial charge in [-0.1, -0.05) is 24.3 Å². The maximum atomic E-state index is 11.8. The highest BCUT2D eigenvalue weighted by Crippen LogP contribution is 2.16. The van der Waals surface area contributed by atoms with E-state index in [0.717, 1.165) is 11.1 Å². The van der Waals surface area contributed by atoms with Gasteiger partial charge >= 0.3 is 12.1 Å². The number of ether oxygens (including phenoxy) is 2. The first-order chi connectivity index (χ1) is 11.8. The third-order valence-electron chi connectivity index (χ3n) is 3.36. The molecule has 2 aromatic rings. The van der Waals surface area contributed by atoms with Crippen LogP contribution in [-0.4, -0.2) is 24.8 Å². The Morgan fingerprint density at radius 1 is 1.00 bits per heavy atom. The van der Waals surface area contributed by atoms with Gasteiger partial charge in [-0.15, -0.1) is 0 Å².